The van der Waals surface area contributed by atoms with Gasteiger partial charge in [0.25, 0.3) is 0 Å². The molecule has 1 atom stereocenters. The van der Waals surface area contributed by atoms with Crippen LogP contribution in [0.25, 0.3) is 22.1 Å². The minimum Gasteiger partial charge on any atom is -0.490 e. The van der Waals surface area contributed by atoms with Gasteiger partial charge in [0.15, 0.2) is 0 Å². The van der Waals surface area contributed by atoms with Crippen LogP contribution in [0.4, 0.5) is 0 Å². The van der Waals surface area contributed by atoms with Crippen LogP contribution in [0.15, 0.2) is 57.7 Å². The second-order valence-electron chi connectivity index (χ2n) is 8.18. The van der Waals surface area contributed by atoms with E-state index in [1.807, 2.05) is 54.3 Å². The number of aliphatic hydroxyl groups excluding tert-OH is 1. The molecule has 1 aromatic heterocycles. The van der Waals surface area contributed by atoms with E-state index in [4.69, 9.17) is 9.15 Å². The predicted octanol–water partition coefficient (Wildman–Crippen LogP) is 2.67. The molecule has 1 aliphatic rings. The van der Waals surface area contributed by atoms with Crippen molar-refractivity contribution >= 4 is 16.9 Å². The first-order chi connectivity index (χ1) is 15.4. The normalized spacial score (nSPS) is 15.7. The second-order valence-corrected chi connectivity index (χ2v) is 8.18. The van der Waals surface area contributed by atoms with Gasteiger partial charge in [-0.25, -0.2) is 4.79 Å². The lowest BCUT2D eigenvalue weighted by Crippen LogP contribution is -2.50. The zero-order chi connectivity index (χ0) is 22.7. The minimum absolute atomic E-state index is 0.0855. The van der Waals surface area contributed by atoms with Gasteiger partial charge in [-0.3, -0.25) is 9.69 Å². The first kappa shape index (κ1) is 22.0. The molecular weight excluding hydrogens is 408 g/mol. The molecule has 2 aromatic carbocycles. The number of aliphatic hydroxyl groups is 1. The lowest BCUT2D eigenvalue weighted by molar-refractivity contribution is -0.130. The average Bonchev–Trinajstić information content (AvgIpc) is 2.79. The second kappa shape index (κ2) is 9.54. The smallest absolute Gasteiger partial charge is 0.336 e. The Bertz CT molecular complexity index is 1150. The molecule has 0 spiro atoms. The van der Waals surface area contributed by atoms with Crippen LogP contribution < -0.4 is 10.4 Å². The summed E-state index contributed by atoms with van der Waals surface area (Å²) in [4.78, 5) is 27.6. The van der Waals surface area contributed by atoms with Gasteiger partial charge >= 0.3 is 5.63 Å². The maximum absolute atomic E-state index is 12.2. The van der Waals surface area contributed by atoms with Gasteiger partial charge in [0.05, 0.1) is 0 Å². The van der Waals surface area contributed by atoms with Crippen molar-refractivity contribution in [1.29, 1.82) is 0 Å². The molecule has 1 unspecified atom stereocenters. The number of aryl methyl sites for hydroxylation is 1. The Morgan fingerprint density at radius 3 is 2.53 bits per heavy atom. The first-order valence-electron chi connectivity index (χ1n) is 10.8. The third kappa shape index (κ3) is 4.84. The summed E-state index contributed by atoms with van der Waals surface area (Å²) in [7, 11) is 0. The van der Waals surface area contributed by atoms with Crippen molar-refractivity contribution in [2.75, 3.05) is 39.3 Å². The summed E-state index contributed by atoms with van der Waals surface area (Å²) in [5.41, 5.74) is 2.56. The molecule has 3 aromatic rings. The zero-order valence-corrected chi connectivity index (χ0v) is 18.4. The van der Waals surface area contributed by atoms with Crippen molar-refractivity contribution in [2.45, 2.75) is 20.0 Å². The lowest BCUT2D eigenvalue weighted by atomic mass is 10.0. The van der Waals surface area contributed by atoms with Gasteiger partial charge in [-0.2, -0.15) is 0 Å². The van der Waals surface area contributed by atoms with Crippen molar-refractivity contribution in [3.63, 3.8) is 0 Å². The maximum Gasteiger partial charge on any atom is 0.336 e. The summed E-state index contributed by atoms with van der Waals surface area (Å²) in [6, 6.07) is 15.0. The molecule has 1 N–H and O–H groups in total. The highest BCUT2D eigenvalue weighted by molar-refractivity contribution is 5.95. The number of piperazine rings is 1. The van der Waals surface area contributed by atoms with E-state index in [2.05, 4.69) is 4.90 Å². The Hall–Kier alpha value is -3.16. The van der Waals surface area contributed by atoms with Crippen molar-refractivity contribution in [3.05, 3.63) is 64.5 Å². The maximum atomic E-state index is 12.2. The van der Waals surface area contributed by atoms with Crippen LogP contribution in [0.2, 0.25) is 0 Å². The quantitative estimate of drug-likeness (QED) is 0.599. The number of carbonyl (C=O) groups excluding carboxylic acids is 1. The minimum atomic E-state index is -0.670. The molecule has 0 aliphatic carbocycles. The molecule has 1 saturated heterocycles. The Morgan fingerprint density at radius 2 is 1.84 bits per heavy atom. The molecule has 32 heavy (non-hydrogen) atoms. The molecule has 0 bridgehead atoms. The van der Waals surface area contributed by atoms with E-state index in [-0.39, 0.29) is 12.5 Å². The Balaban J connectivity index is 1.46. The fourth-order valence-electron chi connectivity index (χ4n) is 4.14. The number of amides is 1. The van der Waals surface area contributed by atoms with E-state index in [1.165, 1.54) is 6.07 Å². The van der Waals surface area contributed by atoms with Crippen molar-refractivity contribution in [1.82, 2.24) is 9.80 Å². The highest BCUT2D eigenvalue weighted by Gasteiger charge is 2.21. The van der Waals surface area contributed by atoms with Crippen molar-refractivity contribution in [2.24, 2.45) is 0 Å². The molecule has 1 amide bonds. The summed E-state index contributed by atoms with van der Waals surface area (Å²) in [6.45, 7) is 6.86. The van der Waals surface area contributed by atoms with Crippen LogP contribution in [-0.2, 0) is 4.79 Å². The SMILES string of the molecule is CC(=O)N1CCN(CC(O)COc2ccc3c(-c4ccccc4)cc(=O)oc3c2C)CC1. The van der Waals surface area contributed by atoms with Gasteiger partial charge in [-0.1, -0.05) is 30.3 Å². The average molecular weight is 437 g/mol. The fraction of sp³-hybridized carbons (Fsp3) is 0.360. The molecule has 7 heteroatoms. The number of nitrogens with zero attached hydrogens (tertiary/aromatic N) is 2. The summed E-state index contributed by atoms with van der Waals surface area (Å²) >= 11 is 0. The first-order valence-corrected chi connectivity index (χ1v) is 10.8. The number of β-amino-alcohol motifs (C(OH)–C–C–N with tert-alkyl or cyclic N) is 1. The van der Waals surface area contributed by atoms with Crippen LogP contribution in [0.5, 0.6) is 5.75 Å². The van der Waals surface area contributed by atoms with E-state index >= 15 is 0 Å². The number of fused-ring (bicyclic) bond motifs is 1. The van der Waals surface area contributed by atoms with Gasteiger partial charge < -0.3 is 19.2 Å². The van der Waals surface area contributed by atoms with E-state index in [0.717, 1.165) is 35.2 Å². The molecule has 1 fully saturated rings. The van der Waals surface area contributed by atoms with Crippen LogP contribution in [0, 0.1) is 6.92 Å². The summed E-state index contributed by atoms with van der Waals surface area (Å²) < 4.78 is 11.4. The molecule has 1 aliphatic heterocycles. The Morgan fingerprint density at radius 1 is 1.12 bits per heavy atom. The summed E-state index contributed by atoms with van der Waals surface area (Å²) in [5, 5.41) is 11.3. The number of benzene rings is 2. The number of carbonyl (C=O) groups is 1. The number of hydrogen-bond acceptors (Lipinski definition) is 6. The molecule has 4 rings (SSSR count). The van der Waals surface area contributed by atoms with E-state index < -0.39 is 11.7 Å². The summed E-state index contributed by atoms with van der Waals surface area (Å²) in [6.07, 6.45) is -0.670. The van der Waals surface area contributed by atoms with Gasteiger partial charge in [0, 0.05) is 56.7 Å². The third-order valence-corrected chi connectivity index (χ3v) is 5.91. The number of ether oxygens (including phenoxy) is 1. The van der Waals surface area contributed by atoms with Gasteiger partial charge in [0.2, 0.25) is 5.91 Å². The fourth-order valence-corrected chi connectivity index (χ4v) is 4.14. The number of hydrogen-bond donors (Lipinski definition) is 1. The Labute approximate surface area is 186 Å². The molecule has 2 heterocycles. The molecule has 7 nitrogen and oxygen atoms in total. The molecule has 168 valence electrons. The van der Waals surface area contributed by atoms with E-state index in [9.17, 15) is 14.7 Å². The van der Waals surface area contributed by atoms with Crippen LogP contribution in [0.3, 0.4) is 0 Å². The topological polar surface area (TPSA) is 83.2 Å². The molecule has 0 saturated carbocycles. The molecular formula is C25H28N2O5. The monoisotopic (exact) mass is 436 g/mol. The van der Waals surface area contributed by atoms with Crippen molar-refractivity contribution < 1.29 is 19.1 Å². The van der Waals surface area contributed by atoms with Crippen LogP contribution in [0.1, 0.15) is 12.5 Å². The van der Waals surface area contributed by atoms with Gasteiger partial charge in [-0.15, -0.1) is 0 Å². The summed E-state index contributed by atoms with van der Waals surface area (Å²) in [5.74, 6) is 0.661. The largest absolute Gasteiger partial charge is 0.490 e. The zero-order valence-electron chi connectivity index (χ0n) is 18.4. The van der Waals surface area contributed by atoms with Crippen LogP contribution >= 0.6 is 0 Å². The molecule has 0 radical (unpaired) electrons. The third-order valence-electron chi connectivity index (χ3n) is 5.91. The van der Waals surface area contributed by atoms with E-state index in [0.29, 0.717) is 31.0 Å². The van der Waals surface area contributed by atoms with Crippen LogP contribution in [-0.4, -0.2) is 66.2 Å². The Kier molecular flexibility index (Phi) is 6.58. The number of rotatable bonds is 6. The highest BCUT2D eigenvalue weighted by Crippen LogP contribution is 2.33. The predicted molar refractivity (Wildman–Crippen MR) is 123 cm³/mol. The lowest BCUT2D eigenvalue weighted by Gasteiger charge is -2.35. The van der Waals surface area contributed by atoms with Gasteiger partial charge in [0.1, 0.15) is 24.0 Å². The highest BCUT2D eigenvalue weighted by atomic mass is 16.5. The van der Waals surface area contributed by atoms with Gasteiger partial charge in [-0.05, 0) is 30.2 Å². The van der Waals surface area contributed by atoms with Crippen molar-refractivity contribution in [3.8, 4) is 16.9 Å². The standard InChI is InChI=1S/C25H28N2O5/c1-17-23(31-16-20(29)15-26-10-12-27(13-11-26)18(2)28)9-8-21-22(14-24(30)32-25(17)21)19-6-4-3-5-7-19/h3-9,14,20,29H,10-13,15-16H2,1-2H3. The van der Waals surface area contributed by atoms with E-state index in [1.54, 1.807) is 6.92 Å².